The molecule has 0 saturated carbocycles. The highest BCUT2D eigenvalue weighted by Crippen LogP contribution is 2.33. The predicted octanol–water partition coefficient (Wildman–Crippen LogP) is 3.60. The van der Waals surface area contributed by atoms with Crippen molar-refractivity contribution in [3.05, 3.63) is 39.9 Å². The lowest BCUT2D eigenvalue weighted by molar-refractivity contribution is -0.131. The second kappa shape index (κ2) is 6.59. The van der Waals surface area contributed by atoms with E-state index in [0.717, 1.165) is 12.2 Å². The summed E-state index contributed by atoms with van der Waals surface area (Å²) >= 11 is 11.8. The Morgan fingerprint density at radius 2 is 1.89 bits per heavy atom. The van der Waals surface area contributed by atoms with E-state index in [1.54, 1.807) is 13.8 Å². The van der Waals surface area contributed by atoms with Gasteiger partial charge in [-0.3, -0.25) is 4.79 Å². The van der Waals surface area contributed by atoms with Crippen LogP contribution >= 0.6 is 23.2 Å². The third-order valence-corrected chi connectivity index (χ3v) is 2.50. The Hall–Kier alpha value is -1.52. The number of carbonyl (C=O) groups is 2. The van der Waals surface area contributed by atoms with E-state index in [-0.39, 0.29) is 27.5 Å². The molecule has 0 unspecified atom stereocenters. The number of ether oxygens (including phenoxy) is 1. The molecule has 1 aromatic carbocycles. The number of carboxylic acid groups (broad SMARTS) is 1. The van der Waals surface area contributed by atoms with Gasteiger partial charge in [0.05, 0.1) is 16.7 Å². The highest BCUT2D eigenvalue weighted by atomic mass is 35.5. The maximum absolute atomic E-state index is 11.9. The summed E-state index contributed by atoms with van der Waals surface area (Å²) in [5, 5.41) is 8.98. The van der Waals surface area contributed by atoms with E-state index in [0.29, 0.717) is 0 Å². The lowest BCUT2D eigenvalue weighted by Crippen LogP contribution is -2.10. The van der Waals surface area contributed by atoms with Gasteiger partial charge >= 0.3 is 5.97 Å². The Balaban J connectivity index is 3.24. The largest absolute Gasteiger partial charge is 0.489 e. The van der Waals surface area contributed by atoms with E-state index >= 15 is 0 Å². The topological polar surface area (TPSA) is 63.6 Å². The Labute approximate surface area is 120 Å². The molecule has 1 rings (SSSR count). The highest BCUT2D eigenvalue weighted by Gasteiger charge is 2.17. The molecule has 0 aliphatic heterocycles. The summed E-state index contributed by atoms with van der Waals surface area (Å²) < 4.78 is 5.47. The van der Waals surface area contributed by atoms with Gasteiger partial charge in [0.1, 0.15) is 5.75 Å². The SMILES string of the molecule is CC(C)Oc1c(Cl)cc(Cl)cc1C(=O)/C=C/C(=O)O. The zero-order valence-electron chi connectivity index (χ0n) is 10.3. The molecular formula is C13H12Cl2O4. The molecule has 1 N–H and O–H groups in total. The lowest BCUT2D eigenvalue weighted by atomic mass is 10.1. The first-order valence-electron chi connectivity index (χ1n) is 5.42. The molecule has 0 heterocycles. The average molecular weight is 303 g/mol. The van der Waals surface area contributed by atoms with Gasteiger partial charge in [-0.05, 0) is 32.1 Å². The molecule has 0 atom stereocenters. The fourth-order valence-electron chi connectivity index (χ4n) is 1.34. The van der Waals surface area contributed by atoms with E-state index in [1.165, 1.54) is 12.1 Å². The van der Waals surface area contributed by atoms with Crippen LogP contribution in [0.2, 0.25) is 10.0 Å². The van der Waals surface area contributed by atoms with Crippen molar-refractivity contribution in [3.8, 4) is 5.75 Å². The fourth-order valence-corrected chi connectivity index (χ4v) is 1.87. The van der Waals surface area contributed by atoms with Gasteiger partial charge < -0.3 is 9.84 Å². The number of hydrogen-bond donors (Lipinski definition) is 1. The molecule has 4 nitrogen and oxygen atoms in total. The summed E-state index contributed by atoms with van der Waals surface area (Å²) in [7, 11) is 0. The predicted molar refractivity (Wildman–Crippen MR) is 73.3 cm³/mol. The maximum atomic E-state index is 11.9. The zero-order chi connectivity index (χ0) is 14.6. The van der Waals surface area contributed by atoms with Crippen molar-refractivity contribution in [1.29, 1.82) is 0 Å². The van der Waals surface area contributed by atoms with Gasteiger partial charge in [-0.1, -0.05) is 23.2 Å². The summed E-state index contributed by atoms with van der Waals surface area (Å²) in [6.07, 6.45) is 1.49. The van der Waals surface area contributed by atoms with E-state index in [9.17, 15) is 9.59 Å². The van der Waals surface area contributed by atoms with Crippen molar-refractivity contribution in [2.24, 2.45) is 0 Å². The quantitative estimate of drug-likeness (QED) is 0.666. The van der Waals surface area contributed by atoms with Crippen LogP contribution in [0, 0.1) is 0 Å². The van der Waals surface area contributed by atoms with E-state index in [4.69, 9.17) is 33.0 Å². The Morgan fingerprint density at radius 1 is 1.26 bits per heavy atom. The van der Waals surface area contributed by atoms with Crippen molar-refractivity contribution in [1.82, 2.24) is 0 Å². The van der Waals surface area contributed by atoms with Gasteiger partial charge in [0.25, 0.3) is 0 Å². The van der Waals surface area contributed by atoms with Crippen LogP contribution in [0.5, 0.6) is 5.75 Å². The number of halogens is 2. The smallest absolute Gasteiger partial charge is 0.328 e. The molecule has 19 heavy (non-hydrogen) atoms. The van der Waals surface area contributed by atoms with Crippen molar-refractivity contribution in [2.45, 2.75) is 20.0 Å². The van der Waals surface area contributed by atoms with Gasteiger partial charge in [-0.2, -0.15) is 0 Å². The second-order valence-electron chi connectivity index (χ2n) is 3.97. The molecule has 0 aliphatic carbocycles. The monoisotopic (exact) mass is 302 g/mol. The molecule has 0 radical (unpaired) electrons. The first-order valence-corrected chi connectivity index (χ1v) is 6.18. The molecule has 0 amide bonds. The minimum absolute atomic E-state index is 0.128. The minimum Gasteiger partial charge on any atom is -0.489 e. The molecule has 102 valence electrons. The molecule has 0 spiro atoms. The summed E-state index contributed by atoms with van der Waals surface area (Å²) in [5.74, 6) is -1.56. The van der Waals surface area contributed by atoms with Gasteiger partial charge in [0.15, 0.2) is 5.78 Å². The molecular weight excluding hydrogens is 291 g/mol. The molecule has 0 bridgehead atoms. The number of rotatable bonds is 5. The number of carboxylic acids is 1. The lowest BCUT2D eigenvalue weighted by Gasteiger charge is -2.14. The van der Waals surface area contributed by atoms with Crippen LogP contribution in [0.4, 0.5) is 0 Å². The van der Waals surface area contributed by atoms with Crippen LogP contribution in [-0.2, 0) is 4.79 Å². The summed E-state index contributed by atoms with van der Waals surface area (Å²) in [4.78, 5) is 22.3. The fraction of sp³-hybridized carbons (Fsp3) is 0.231. The number of aliphatic carboxylic acids is 1. The minimum atomic E-state index is -1.21. The molecule has 0 saturated heterocycles. The van der Waals surface area contributed by atoms with E-state index in [2.05, 4.69) is 0 Å². The second-order valence-corrected chi connectivity index (χ2v) is 4.81. The van der Waals surface area contributed by atoms with E-state index in [1.807, 2.05) is 0 Å². The van der Waals surface area contributed by atoms with Crippen molar-refractivity contribution in [3.63, 3.8) is 0 Å². The van der Waals surface area contributed by atoms with Crippen LogP contribution in [0.15, 0.2) is 24.3 Å². The third kappa shape index (κ3) is 4.58. The molecule has 0 aromatic heterocycles. The molecule has 1 aromatic rings. The van der Waals surface area contributed by atoms with Gasteiger partial charge in [-0.15, -0.1) is 0 Å². The number of allylic oxidation sites excluding steroid dienone is 1. The molecule has 0 fully saturated rings. The third-order valence-electron chi connectivity index (χ3n) is 2.00. The Morgan fingerprint density at radius 3 is 2.42 bits per heavy atom. The number of ketones is 1. The summed E-state index contributed by atoms with van der Waals surface area (Å²) in [6, 6.07) is 2.85. The van der Waals surface area contributed by atoms with Gasteiger partial charge in [0.2, 0.25) is 0 Å². The molecule has 6 heteroatoms. The number of hydrogen-bond acceptors (Lipinski definition) is 3. The van der Waals surface area contributed by atoms with Crippen molar-refractivity contribution < 1.29 is 19.4 Å². The van der Waals surface area contributed by atoms with Crippen molar-refractivity contribution in [2.75, 3.05) is 0 Å². The first kappa shape index (κ1) is 15.5. The van der Waals surface area contributed by atoms with Crippen molar-refractivity contribution >= 4 is 35.0 Å². The summed E-state index contributed by atoms with van der Waals surface area (Å²) in [6.45, 7) is 3.57. The standard InChI is InChI=1S/C13H12Cl2O4/c1-7(2)19-13-9(5-8(14)6-10(13)15)11(16)3-4-12(17)18/h3-7H,1-2H3,(H,17,18)/b4-3+. The number of carbonyl (C=O) groups excluding carboxylic acids is 1. The van der Waals surface area contributed by atoms with E-state index < -0.39 is 11.8 Å². The summed E-state index contributed by atoms with van der Waals surface area (Å²) in [5.41, 5.74) is 0.128. The first-order chi connectivity index (χ1) is 8.81. The normalized spacial score (nSPS) is 11.0. The number of benzene rings is 1. The van der Waals surface area contributed by atoms with Gasteiger partial charge in [-0.25, -0.2) is 4.79 Å². The molecule has 0 aliphatic rings. The van der Waals surface area contributed by atoms with Crippen LogP contribution in [0.25, 0.3) is 0 Å². The Bertz CT molecular complexity index is 536. The Kier molecular flexibility index (Phi) is 5.39. The van der Waals surface area contributed by atoms with Crippen LogP contribution in [0.3, 0.4) is 0 Å². The van der Waals surface area contributed by atoms with Gasteiger partial charge in [0, 0.05) is 11.1 Å². The maximum Gasteiger partial charge on any atom is 0.328 e. The highest BCUT2D eigenvalue weighted by molar-refractivity contribution is 6.36. The average Bonchev–Trinajstić information content (AvgIpc) is 2.28. The zero-order valence-corrected chi connectivity index (χ0v) is 11.8. The van der Waals surface area contributed by atoms with Crippen LogP contribution < -0.4 is 4.74 Å². The van der Waals surface area contributed by atoms with Crippen LogP contribution in [0.1, 0.15) is 24.2 Å². The van der Waals surface area contributed by atoms with Crippen LogP contribution in [-0.4, -0.2) is 23.0 Å².